The van der Waals surface area contributed by atoms with E-state index < -0.39 is 0 Å². The third-order valence-electron chi connectivity index (χ3n) is 3.54. The quantitative estimate of drug-likeness (QED) is 0.743. The molecule has 0 bridgehead atoms. The first-order chi connectivity index (χ1) is 9.30. The number of benzene rings is 1. The Morgan fingerprint density at radius 2 is 1.95 bits per heavy atom. The van der Waals surface area contributed by atoms with Crippen molar-refractivity contribution in [2.75, 3.05) is 6.54 Å². The first-order valence-corrected chi connectivity index (χ1v) is 7.54. The van der Waals surface area contributed by atoms with E-state index in [9.17, 15) is 0 Å². The second kappa shape index (κ2) is 6.76. The van der Waals surface area contributed by atoms with Gasteiger partial charge in [0, 0.05) is 10.9 Å². The van der Waals surface area contributed by atoms with Crippen LogP contribution in [0.15, 0.2) is 22.6 Å². The van der Waals surface area contributed by atoms with E-state index in [-0.39, 0.29) is 0 Å². The molecule has 1 heterocycles. The summed E-state index contributed by atoms with van der Waals surface area (Å²) in [5.41, 5.74) is 3.82. The summed E-state index contributed by atoms with van der Waals surface area (Å²) in [7, 11) is 0. The molecule has 0 aliphatic carbocycles. The highest BCUT2D eigenvalue weighted by Crippen LogP contribution is 2.28. The van der Waals surface area contributed by atoms with Crippen LogP contribution in [-0.4, -0.2) is 6.54 Å². The Bertz CT molecular complexity index is 527. The number of fused-ring (bicyclic) bond motifs is 1. The van der Waals surface area contributed by atoms with Crippen LogP contribution in [0.1, 0.15) is 50.5 Å². The molecule has 2 rings (SSSR count). The van der Waals surface area contributed by atoms with Crippen molar-refractivity contribution < 1.29 is 4.42 Å². The van der Waals surface area contributed by atoms with Gasteiger partial charge in [-0.25, -0.2) is 0 Å². The summed E-state index contributed by atoms with van der Waals surface area (Å²) < 4.78 is 6.01. The molecule has 2 aromatic rings. The number of aryl methyl sites for hydroxylation is 2. The van der Waals surface area contributed by atoms with Crippen LogP contribution in [0.3, 0.4) is 0 Å². The van der Waals surface area contributed by atoms with Crippen molar-refractivity contribution >= 4 is 11.0 Å². The second-order valence-corrected chi connectivity index (χ2v) is 5.11. The van der Waals surface area contributed by atoms with Crippen LogP contribution in [0.4, 0.5) is 0 Å². The summed E-state index contributed by atoms with van der Waals surface area (Å²) >= 11 is 0. The van der Waals surface area contributed by atoms with Gasteiger partial charge in [0.25, 0.3) is 0 Å². The lowest BCUT2D eigenvalue weighted by Crippen LogP contribution is -2.14. The van der Waals surface area contributed by atoms with Crippen LogP contribution >= 0.6 is 0 Å². The van der Waals surface area contributed by atoms with Crippen molar-refractivity contribution in [2.45, 2.75) is 53.0 Å². The number of nitrogens with one attached hydrogen (secondary N) is 1. The molecule has 2 nitrogen and oxygen atoms in total. The lowest BCUT2D eigenvalue weighted by Gasteiger charge is -2.02. The molecule has 104 valence electrons. The van der Waals surface area contributed by atoms with E-state index in [0.29, 0.717) is 0 Å². The maximum Gasteiger partial charge on any atom is 0.134 e. The largest absolute Gasteiger partial charge is 0.459 e. The van der Waals surface area contributed by atoms with Gasteiger partial charge in [-0.3, -0.25) is 0 Å². The fourth-order valence-electron chi connectivity index (χ4n) is 2.60. The summed E-state index contributed by atoms with van der Waals surface area (Å²) in [6.07, 6.45) is 4.53. The van der Waals surface area contributed by atoms with Crippen LogP contribution in [0.25, 0.3) is 11.0 Å². The van der Waals surface area contributed by atoms with Crippen LogP contribution in [-0.2, 0) is 19.4 Å². The maximum absolute atomic E-state index is 6.01. The summed E-state index contributed by atoms with van der Waals surface area (Å²) in [5, 5.41) is 4.74. The molecule has 19 heavy (non-hydrogen) atoms. The zero-order chi connectivity index (χ0) is 13.7. The Morgan fingerprint density at radius 3 is 2.63 bits per heavy atom. The van der Waals surface area contributed by atoms with Crippen molar-refractivity contribution in [2.24, 2.45) is 0 Å². The lowest BCUT2D eigenvalue weighted by atomic mass is 10.0. The van der Waals surface area contributed by atoms with Gasteiger partial charge < -0.3 is 9.73 Å². The Balaban J connectivity index is 2.31. The molecule has 0 amide bonds. The van der Waals surface area contributed by atoms with Crippen LogP contribution < -0.4 is 5.32 Å². The molecule has 0 aliphatic heterocycles. The number of rotatable bonds is 7. The predicted octanol–water partition coefficient (Wildman–Crippen LogP) is 4.45. The molecule has 0 radical (unpaired) electrons. The third kappa shape index (κ3) is 3.19. The van der Waals surface area contributed by atoms with Crippen LogP contribution in [0, 0.1) is 0 Å². The van der Waals surface area contributed by atoms with Gasteiger partial charge >= 0.3 is 0 Å². The number of hydrogen-bond donors (Lipinski definition) is 1. The van der Waals surface area contributed by atoms with Gasteiger partial charge in [-0.1, -0.05) is 33.3 Å². The minimum Gasteiger partial charge on any atom is -0.459 e. The standard InChI is InChI=1S/C17H25NO/c1-4-7-13-8-9-16-15(11-13)14(6-3)17(19-16)12-18-10-5-2/h8-9,11,18H,4-7,10,12H2,1-3H3. The molecule has 1 aromatic heterocycles. The molecule has 2 heteroatoms. The zero-order valence-corrected chi connectivity index (χ0v) is 12.4. The van der Waals surface area contributed by atoms with Crippen LogP contribution in [0.2, 0.25) is 0 Å². The SMILES string of the molecule is CCCNCc1oc2ccc(CCC)cc2c1CC. The second-order valence-electron chi connectivity index (χ2n) is 5.11. The molecule has 0 aliphatic rings. The molecule has 1 aromatic carbocycles. The van der Waals surface area contributed by atoms with E-state index in [1.807, 2.05) is 0 Å². The smallest absolute Gasteiger partial charge is 0.134 e. The highest BCUT2D eigenvalue weighted by Gasteiger charge is 2.12. The summed E-state index contributed by atoms with van der Waals surface area (Å²) in [4.78, 5) is 0. The van der Waals surface area contributed by atoms with E-state index in [2.05, 4.69) is 44.3 Å². The van der Waals surface area contributed by atoms with E-state index in [4.69, 9.17) is 4.42 Å². The number of hydrogen-bond acceptors (Lipinski definition) is 2. The van der Waals surface area contributed by atoms with Gasteiger partial charge in [0.15, 0.2) is 0 Å². The molecule has 0 fully saturated rings. The third-order valence-corrected chi connectivity index (χ3v) is 3.54. The Hall–Kier alpha value is -1.28. The zero-order valence-electron chi connectivity index (χ0n) is 12.4. The minimum atomic E-state index is 0.842. The van der Waals surface area contributed by atoms with Gasteiger partial charge in [-0.2, -0.15) is 0 Å². The highest BCUT2D eigenvalue weighted by molar-refractivity contribution is 5.83. The first kappa shape index (κ1) is 14.1. The Labute approximate surface area is 116 Å². The fourth-order valence-corrected chi connectivity index (χ4v) is 2.60. The predicted molar refractivity (Wildman–Crippen MR) is 81.6 cm³/mol. The van der Waals surface area contributed by atoms with Crippen LogP contribution in [0.5, 0.6) is 0 Å². The molecule has 0 saturated heterocycles. The van der Waals surface area contributed by atoms with Crippen molar-refractivity contribution in [1.82, 2.24) is 5.32 Å². The van der Waals surface area contributed by atoms with Crippen molar-refractivity contribution in [3.8, 4) is 0 Å². The average molecular weight is 259 g/mol. The summed E-state index contributed by atoms with van der Waals surface area (Å²) in [6, 6.07) is 6.63. The lowest BCUT2D eigenvalue weighted by molar-refractivity contribution is 0.508. The van der Waals surface area contributed by atoms with Gasteiger partial charge in [-0.15, -0.1) is 0 Å². The van der Waals surface area contributed by atoms with Gasteiger partial charge in [-0.05, 0) is 43.5 Å². The number of furan rings is 1. The van der Waals surface area contributed by atoms with E-state index >= 15 is 0 Å². The van der Waals surface area contributed by atoms with Crippen molar-refractivity contribution in [3.05, 3.63) is 35.1 Å². The Morgan fingerprint density at radius 1 is 1.11 bits per heavy atom. The molecule has 0 unspecified atom stereocenters. The van der Waals surface area contributed by atoms with Crippen molar-refractivity contribution in [1.29, 1.82) is 0 Å². The molecular formula is C17H25NO. The molecule has 0 atom stereocenters. The molecular weight excluding hydrogens is 234 g/mol. The Kier molecular flexibility index (Phi) is 5.03. The maximum atomic E-state index is 6.01. The fraction of sp³-hybridized carbons (Fsp3) is 0.529. The van der Waals surface area contributed by atoms with Gasteiger partial charge in [0.1, 0.15) is 11.3 Å². The average Bonchev–Trinajstić information content (AvgIpc) is 2.76. The highest BCUT2D eigenvalue weighted by atomic mass is 16.3. The van der Waals surface area contributed by atoms with E-state index in [1.165, 1.54) is 22.9 Å². The van der Waals surface area contributed by atoms with Gasteiger partial charge in [0.2, 0.25) is 0 Å². The molecule has 0 spiro atoms. The molecule has 0 saturated carbocycles. The summed E-state index contributed by atoms with van der Waals surface area (Å²) in [5.74, 6) is 1.11. The van der Waals surface area contributed by atoms with E-state index in [1.54, 1.807) is 0 Å². The molecule has 1 N–H and O–H groups in total. The van der Waals surface area contributed by atoms with E-state index in [0.717, 1.165) is 43.7 Å². The summed E-state index contributed by atoms with van der Waals surface area (Å²) in [6.45, 7) is 8.50. The monoisotopic (exact) mass is 259 g/mol. The minimum absolute atomic E-state index is 0.842. The normalized spacial score (nSPS) is 11.3. The topological polar surface area (TPSA) is 25.2 Å². The van der Waals surface area contributed by atoms with Gasteiger partial charge in [0.05, 0.1) is 6.54 Å². The van der Waals surface area contributed by atoms with Crippen molar-refractivity contribution in [3.63, 3.8) is 0 Å². The first-order valence-electron chi connectivity index (χ1n) is 7.54.